The van der Waals surface area contributed by atoms with Gasteiger partial charge in [0.05, 0.1) is 24.5 Å². The number of amides is 1. The Morgan fingerprint density at radius 3 is 1.15 bits per heavy atom. The zero-order valence-corrected chi connectivity index (χ0v) is 50.5. The number of aryl methyl sites for hydroxylation is 1. The molecule has 6 rings (SSSR count). The zero-order valence-electron chi connectivity index (χ0n) is 44.0. The maximum absolute atomic E-state index is 12.0. The standard InChI is InChI=1S/C16H17N3O3S2.C9H13N3O2S2.C9H13NO2S.C8H12N2O2S.C6H6ClNO4S/c1-19(2)24(21,22)14-10-8-13(9-11-14)17-16(23)18-15(20)12-6-4-3-5-7-12;1-12(2)16(13,14)8-5-3-7(4-6-8)11-9(10)15;1-8-4-6-9(7-5-8)13(11,12)10(2)3;1-10(2)13(11,12)8-5-3-7(9)4-6-8;7-13(9,10)6-3-1-5(2-4-6)11-12-8/h3-11H,1-2H3,(H2,17,18,20,23);3-6H,1-2H3,(H3,10,11,15);4-7H,1-3H3;3-6H,9H2,1-2H3;1-4H,8H2. The summed E-state index contributed by atoms with van der Waals surface area (Å²) < 4.78 is 120. The first kappa shape index (κ1) is 68.9. The molecule has 430 valence electrons. The SMILES string of the molecule is CN(C)S(=O)(=O)c1ccc(N)cc1.CN(C)S(=O)(=O)c1ccc(NC(=S)NC(=O)c2ccccc2)cc1.CN(C)S(=O)(=O)c1ccc(NC(N)=S)cc1.Cc1ccc(S(=O)(=O)N(C)C)cc1.NOOc1ccc(S(=O)(=O)Cl)cc1. The van der Waals surface area contributed by atoms with Gasteiger partial charge in [-0.15, -0.1) is 0 Å². The van der Waals surface area contributed by atoms with E-state index in [0.29, 0.717) is 27.5 Å². The second-order valence-electron chi connectivity index (χ2n) is 16.4. The molecule has 0 fully saturated rings. The summed E-state index contributed by atoms with van der Waals surface area (Å²) in [6.45, 7) is 1.92. The smallest absolute Gasteiger partial charge is 0.261 e. The van der Waals surface area contributed by atoms with E-state index < -0.39 is 49.1 Å². The van der Waals surface area contributed by atoms with Gasteiger partial charge in [-0.25, -0.2) is 59.3 Å². The van der Waals surface area contributed by atoms with Crippen molar-refractivity contribution in [3.8, 4) is 5.75 Å². The lowest BCUT2D eigenvalue weighted by atomic mass is 10.2. The first-order chi connectivity index (χ1) is 36.6. The number of anilines is 3. The van der Waals surface area contributed by atoms with Crippen LogP contribution < -0.4 is 38.2 Å². The minimum atomic E-state index is -3.69. The van der Waals surface area contributed by atoms with Crippen molar-refractivity contribution >= 4 is 117 Å². The molecule has 0 aliphatic heterocycles. The predicted octanol–water partition coefficient (Wildman–Crippen LogP) is 5.22. The summed E-state index contributed by atoms with van der Waals surface area (Å²) in [5.74, 6) is 4.58. The lowest BCUT2D eigenvalue weighted by Crippen LogP contribution is -2.34. The van der Waals surface area contributed by atoms with E-state index in [1.807, 2.05) is 13.0 Å². The second-order valence-corrected chi connectivity index (χ2v) is 28.5. The van der Waals surface area contributed by atoms with E-state index in [1.165, 1.54) is 126 Å². The summed E-state index contributed by atoms with van der Waals surface area (Å²) >= 11 is 9.76. The number of hydrogen-bond acceptors (Lipinski definition) is 17. The number of nitrogens with zero attached hydrogens (tertiary/aromatic N) is 4. The minimum absolute atomic E-state index is 0.0152. The van der Waals surface area contributed by atoms with Gasteiger partial charge in [-0.3, -0.25) is 10.1 Å². The van der Waals surface area contributed by atoms with Crippen LogP contribution in [-0.2, 0) is 54.1 Å². The number of carbonyl (C=O) groups excluding carboxylic acids is 1. The highest BCUT2D eigenvalue weighted by atomic mass is 35.7. The average molecular weight is 1250 g/mol. The molecule has 0 bridgehead atoms. The van der Waals surface area contributed by atoms with Crippen LogP contribution in [-0.4, -0.2) is 132 Å². The minimum Gasteiger partial charge on any atom is -0.399 e. The van der Waals surface area contributed by atoms with Crippen molar-refractivity contribution in [2.75, 3.05) is 72.7 Å². The highest BCUT2D eigenvalue weighted by Gasteiger charge is 2.19. The fourth-order valence-corrected chi connectivity index (χ4v) is 10.1. The van der Waals surface area contributed by atoms with Crippen molar-refractivity contribution in [2.24, 2.45) is 11.6 Å². The molecule has 0 radical (unpaired) electrons. The number of rotatable bonds is 14. The molecule has 0 atom stereocenters. The van der Waals surface area contributed by atoms with Crippen molar-refractivity contribution in [1.82, 2.24) is 22.5 Å². The second kappa shape index (κ2) is 30.9. The summed E-state index contributed by atoms with van der Waals surface area (Å²) in [5.41, 5.74) is 14.1. The summed E-state index contributed by atoms with van der Waals surface area (Å²) in [4.78, 5) is 21.2. The number of halogens is 1. The van der Waals surface area contributed by atoms with E-state index in [4.69, 9.17) is 34.4 Å². The summed E-state index contributed by atoms with van der Waals surface area (Å²) in [5, 5.41) is 8.39. The summed E-state index contributed by atoms with van der Waals surface area (Å²) in [6, 6.07) is 39.2. The van der Waals surface area contributed by atoms with Crippen molar-refractivity contribution in [2.45, 2.75) is 31.4 Å². The molecule has 0 saturated carbocycles. The molecular weight excluding hydrogens is 1180 g/mol. The number of nitrogens with two attached hydrogens (primary N) is 3. The van der Waals surface area contributed by atoms with E-state index >= 15 is 0 Å². The highest BCUT2D eigenvalue weighted by Crippen LogP contribution is 2.21. The van der Waals surface area contributed by atoms with E-state index in [9.17, 15) is 46.9 Å². The van der Waals surface area contributed by atoms with Gasteiger partial charge < -0.3 is 27.0 Å². The number of hydrogen-bond donors (Lipinski definition) is 6. The summed E-state index contributed by atoms with van der Waals surface area (Å²) in [7, 11) is -0.127. The molecular formula is C48H61ClN10O13S7. The molecule has 0 saturated heterocycles. The molecule has 79 heavy (non-hydrogen) atoms. The molecule has 0 aromatic heterocycles. The van der Waals surface area contributed by atoms with Gasteiger partial charge in [0.25, 0.3) is 15.0 Å². The van der Waals surface area contributed by atoms with Crippen molar-refractivity contribution < 1.29 is 56.8 Å². The molecule has 6 aromatic carbocycles. The van der Waals surface area contributed by atoms with Crippen LogP contribution in [0, 0.1) is 6.92 Å². The van der Waals surface area contributed by atoms with Gasteiger partial charge in [0.2, 0.25) is 40.1 Å². The Morgan fingerprint density at radius 1 is 0.494 bits per heavy atom. The molecule has 23 nitrogen and oxygen atoms in total. The van der Waals surface area contributed by atoms with Gasteiger partial charge in [-0.2, -0.15) is 5.90 Å². The van der Waals surface area contributed by atoms with Gasteiger partial charge in [0.1, 0.15) is 0 Å². The average Bonchev–Trinajstić information content (AvgIpc) is 3.37. The third kappa shape index (κ3) is 22.4. The lowest BCUT2D eigenvalue weighted by Gasteiger charge is -2.13. The number of nitrogens with one attached hydrogen (secondary N) is 3. The van der Waals surface area contributed by atoms with Crippen LogP contribution in [0.1, 0.15) is 15.9 Å². The Hall–Kier alpha value is -6.23. The topological polar surface area (TPSA) is 333 Å². The largest absolute Gasteiger partial charge is 0.399 e. The first-order valence-corrected chi connectivity index (χ1v) is 31.1. The van der Waals surface area contributed by atoms with Crippen LogP contribution in [0.3, 0.4) is 0 Å². The number of benzene rings is 6. The van der Waals surface area contributed by atoms with E-state index in [0.717, 1.165) is 14.2 Å². The Balaban J connectivity index is 0.000000347. The Kier molecular flexibility index (Phi) is 27.0. The Labute approximate surface area is 477 Å². The fraction of sp³-hybridized carbons (Fsp3) is 0.188. The molecule has 0 unspecified atom stereocenters. The normalized spacial score (nSPS) is 11.5. The molecule has 1 amide bonds. The maximum atomic E-state index is 12.0. The molecule has 9 N–H and O–H groups in total. The van der Waals surface area contributed by atoms with Gasteiger partial charge in [-0.1, -0.05) is 40.9 Å². The number of sulfonamides is 4. The van der Waals surface area contributed by atoms with Gasteiger partial charge in [-0.05, 0) is 153 Å². The van der Waals surface area contributed by atoms with Crippen LogP contribution >= 0.6 is 35.1 Å². The number of carbonyl (C=O) groups is 1. The van der Waals surface area contributed by atoms with Crippen LogP contribution in [0.4, 0.5) is 17.1 Å². The van der Waals surface area contributed by atoms with E-state index in [1.54, 1.807) is 84.9 Å². The summed E-state index contributed by atoms with van der Waals surface area (Å²) in [6.07, 6.45) is 0. The van der Waals surface area contributed by atoms with Crippen LogP contribution in [0.25, 0.3) is 0 Å². The van der Waals surface area contributed by atoms with E-state index in [2.05, 4.69) is 43.9 Å². The van der Waals surface area contributed by atoms with Crippen LogP contribution in [0.2, 0.25) is 0 Å². The fourth-order valence-electron chi connectivity index (χ4n) is 5.40. The van der Waals surface area contributed by atoms with Crippen LogP contribution in [0.5, 0.6) is 5.75 Å². The Morgan fingerprint density at radius 2 is 0.823 bits per heavy atom. The number of thiocarbonyl (C=S) groups is 2. The van der Waals surface area contributed by atoms with Gasteiger partial charge >= 0.3 is 0 Å². The van der Waals surface area contributed by atoms with Gasteiger partial charge in [0, 0.05) is 89.7 Å². The molecule has 6 aromatic rings. The van der Waals surface area contributed by atoms with Crippen molar-refractivity contribution in [1.29, 1.82) is 0 Å². The molecule has 0 spiro atoms. The Bertz CT molecular complexity index is 3450. The molecule has 0 aliphatic rings. The molecule has 0 heterocycles. The third-order valence-electron chi connectivity index (χ3n) is 9.76. The lowest BCUT2D eigenvalue weighted by molar-refractivity contribution is -0.211. The number of nitrogen functional groups attached to an aromatic ring is 1. The van der Waals surface area contributed by atoms with E-state index in [-0.39, 0.29) is 41.5 Å². The molecule has 31 heteroatoms. The quantitative estimate of drug-likeness (QED) is 0.0268. The maximum Gasteiger partial charge on any atom is 0.261 e. The first-order valence-electron chi connectivity index (χ1n) is 22.2. The predicted molar refractivity (Wildman–Crippen MR) is 314 cm³/mol. The van der Waals surface area contributed by atoms with Crippen molar-refractivity contribution in [3.63, 3.8) is 0 Å². The van der Waals surface area contributed by atoms with Gasteiger partial charge in [0.15, 0.2) is 16.0 Å². The highest BCUT2D eigenvalue weighted by molar-refractivity contribution is 8.13. The third-order valence-corrected chi connectivity index (χ3v) is 18.8. The molecule has 0 aliphatic carbocycles. The van der Waals surface area contributed by atoms with Crippen molar-refractivity contribution in [3.05, 3.63) is 163 Å². The van der Waals surface area contributed by atoms with Crippen LogP contribution in [0.15, 0.2) is 176 Å². The monoisotopic (exact) mass is 1240 g/mol. The zero-order chi connectivity index (χ0) is 60.1.